The molecule has 130 valence electrons. The maximum Gasteiger partial charge on any atom is 0.228 e. The van der Waals surface area contributed by atoms with Crippen LogP contribution in [0, 0.1) is 0 Å². The first-order valence-corrected chi connectivity index (χ1v) is 9.69. The van der Waals surface area contributed by atoms with E-state index < -0.39 is 0 Å². The lowest BCUT2D eigenvalue weighted by molar-refractivity contribution is 0.0952. The molecule has 0 saturated carbocycles. The van der Waals surface area contributed by atoms with Gasteiger partial charge in [-0.15, -0.1) is 10.2 Å². The van der Waals surface area contributed by atoms with Crippen LogP contribution in [0.4, 0.5) is 5.95 Å². The second-order valence-electron chi connectivity index (χ2n) is 6.46. The SMILES string of the molecule is Cn1nccc1CSc1nnc(N2CCCC2)n1C[C@@H]1CCCO1. The van der Waals surface area contributed by atoms with E-state index in [0.29, 0.717) is 6.10 Å². The van der Waals surface area contributed by atoms with Crippen LogP contribution in [0.1, 0.15) is 31.4 Å². The number of anilines is 1. The molecule has 0 N–H and O–H groups in total. The molecule has 0 amide bonds. The third-order valence-corrected chi connectivity index (χ3v) is 5.77. The highest BCUT2D eigenvalue weighted by molar-refractivity contribution is 7.98. The highest BCUT2D eigenvalue weighted by atomic mass is 32.2. The summed E-state index contributed by atoms with van der Waals surface area (Å²) in [5, 5.41) is 14.2. The zero-order chi connectivity index (χ0) is 16.4. The molecule has 0 bridgehead atoms. The van der Waals surface area contributed by atoms with E-state index in [1.807, 2.05) is 17.9 Å². The van der Waals surface area contributed by atoms with E-state index >= 15 is 0 Å². The van der Waals surface area contributed by atoms with Gasteiger partial charge in [-0.2, -0.15) is 5.10 Å². The molecule has 2 aliphatic heterocycles. The molecule has 2 saturated heterocycles. The predicted molar refractivity (Wildman–Crippen MR) is 93.2 cm³/mol. The Morgan fingerprint density at radius 2 is 2.12 bits per heavy atom. The Balaban J connectivity index is 1.54. The Hall–Kier alpha value is -1.54. The molecule has 2 aliphatic rings. The van der Waals surface area contributed by atoms with Gasteiger partial charge in [-0.3, -0.25) is 9.25 Å². The van der Waals surface area contributed by atoms with Gasteiger partial charge in [0.25, 0.3) is 0 Å². The first-order chi connectivity index (χ1) is 11.8. The molecule has 0 aliphatic carbocycles. The first kappa shape index (κ1) is 16.0. The first-order valence-electron chi connectivity index (χ1n) is 8.70. The molecular weight excluding hydrogens is 324 g/mol. The Kier molecular flexibility index (Phi) is 4.75. The Bertz CT molecular complexity index is 672. The number of ether oxygens (including phenoxy) is 1. The molecule has 2 fully saturated rings. The highest BCUT2D eigenvalue weighted by Gasteiger charge is 2.25. The molecule has 24 heavy (non-hydrogen) atoms. The van der Waals surface area contributed by atoms with Crippen molar-refractivity contribution in [2.24, 2.45) is 7.05 Å². The summed E-state index contributed by atoms with van der Waals surface area (Å²) in [4.78, 5) is 2.36. The van der Waals surface area contributed by atoms with Crippen molar-refractivity contribution < 1.29 is 4.74 Å². The fourth-order valence-corrected chi connectivity index (χ4v) is 4.34. The summed E-state index contributed by atoms with van der Waals surface area (Å²) in [7, 11) is 1.97. The molecular formula is C16H24N6OS. The molecule has 7 nitrogen and oxygen atoms in total. The van der Waals surface area contributed by atoms with Crippen molar-refractivity contribution >= 4 is 17.7 Å². The van der Waals surface area contributed by atoms with Gasteiger partial charge in [0.2, 0.25) is 5.95 Å². The molecule has 0 aromatic carbocycles. The summed E-state index contributed by atoms with van der Waals surface area (Å²) in [6.07, 6.45) is 6.89. The average molecular weight is 348 g/mol. The zero-order valence-electron chi connectivity index (χ0n) is 14.1. The summed E-state index contributed by atoms with van der Waals surface area (Å²) >= 11 is 1.73. The minimum atomic E-state index is 0.290. The van der Waals surface area contributed by atoms with Crippen molar-refractivity contribution in [2.75, 3.05) is 24.6 Å². The van der Waals surface area contributed by atoms with Crippen molar-refractivity contribution in [3.05, 3.63) is 18.0 Å². The van der Waals surface area contributed by atoms with Gasteiger partial charge in [0, 0.05) is 44.4 Å². The van der Waals surface area contributed by atoms with Crippen LogP contribution in [0.15, 0.2) is 17.4 Å². The molecule has 8 heteroatoms. The summed E-state index contributed by atoms with van der Waals surface area (Å²) in [6, 6.07) is 2.05. The monoisotopic (exact) mass is 348 g/mol. The molecule has 0 spiro atoms. The van der Waals surface area contributed by atoms with E-state index in [2.05, 4.69) is 30.8 Å². The molecule has 4 rings (SSSR count). The van der Waals surface area contributed by atoms with Gasteiger partial charge in [-0.25, -0.2) is 0 Å². The molecule has 2 aromatic rings. The Morgan fingerprint density at radius 3 is 2.83 bits per heavy atom. The topological polar surface area (TPSA) is 61.0 Å². The minimum Gasteiger partial charge on any atom is -0.376 e. The fourth-order valence-electron chi connectivity index (χ4n) is 3.37. The van der Waals surface area contributed by atoms with Crippen molar-refractivity contribution in [1.29, 1.82) is 0 Å². The molecule has 1 atom stereocenters. The van der Waals surface area contributed by atoms with Gasteiger partial charge in [0.1, 0.15) is 0 Å². The lowest BCUT2D eigenvalue weighted by atomic mass is 10.2. The van der Waals surface area contributed by atoms with E-state index in [9.17, 15) is 0 Å². The Morgan fingerprint density at radius 1 is 1.25 bits per heavy atom. The smallest absolute Gasteiger partial charge is 0.228 e. The molecule has 2 aromatic heterocycles. The largest absolute Gasteiger partial charge is 0.376 e. The van der Waals surface area contributed by atoms with Crippen molar-refractivity contribution in [2.45, 2.75) is 49.2 Å². The van der Waals surface area contributed by atoms with Crippen LogP contribution in [-0.4, -0.2) is 50.3 Å². The van der Waals surface area contributed by atoms with E-state index in [4.69, 9.17) is 4.74 Å². The predicted octanol–water partition coefficient (Wildman–Crippen LogP) is 2.08. The van der Waals surface area contributed by atoms with Crippen molar-refractivity contribution in [3.8, 4) is 0 Å². The van der Waals surface area contributed by atoms with E-state index in [1.54, 1.807) is 11.8 Å². The van der Waals surface area contributed by atoms with Crippen LogP contribution in [0.25, 0.3) is 0 Å². The maximum atomic E-state index is 5.85. The van der Waals surface area contributed by atoms with Crippen LogP contribution < -0.4 is 4.90 Å². The Labute approximate surface area is 146 Å². The number of hydrogen-bond donors (Lipinski definition) is 0. The summed E-state index contributed by atoms with van der Waals surface area (Å²) in [6.45, 7) is 3.89. The lowest BCUT2D eigenvalue weighted by Crippen LogP contribution is -2.25. The summed E-state index contributed by atoms with van der Waals surface area (Å²) < 4.78 is 10.0. The number of nitrogens with zero attached hydrogens (tertiary/aromatic N) is 6. The zero-order valence-corrected chi connectivity index (χ0v) is 14.9. The van der Waals surface area contributed by atoms with E-state index in [1.165, 1.54) is 18.5 Å². The number of aromatic nitrogens is 5. The van der Waals surface area contributed by atoms with Crippen molar-refractivity contribution in [3.63, 3.8) is 0 Å². The van der Waals surface area contributed by atoms with E-state index in [0.717, 1.165) is 55.9 Å². The van der Waals surface area contributed by atoms with Crippen LogP contribution >= 0.6 is 11.8 Å². The quantitative estimate of drug-likeness (QED) is 0.745. The van der Waals surface area contributed by atoms with Crippen LogP contribution in [0.3, 0.4) is 0 Å². The van der Waals surface area contributed by atoms with Gasteiger partial charge in [-0.1, -0.05) is 11.8 Å². The molecule has 0 unspecified atom stereocenters. The van der Waals surface area contributed by atoms with Crippen LogP contribution in [-0.2, 0) is 24.1 Å². The number of hydrogen-bond acceptors (Lipinski definition) is 6. The normalized spacial score (nSPS) is 21.0. The van der Waals surface area contributed by atoms with Gasteiger partial charge in [0.15, 0.2) is 5.16 Å². The lowest BCUT2D eigenvalue weighted by Gasteiger charge is -2.20. The third-order valence-electron chi connectivity index (χ3n) is 4.77. The van der Waals surface area contributed by atoms with Crippen molar-refractivity contribution in [1.82, 2.24) is 24.5 Å². The molecule has 4 heterocycles. The van der Waals surface area contributed by atoms with E-state index in [-0.39, 0.29) is 0 Å². The van der Waals surface area contributed by atoms with Crippen LogP contribution in [0.2, 0.25) is 0 Å². The summed E-state index contributed by atoms with van der Waals surface area (Å²) in [5.41, 5.74) is 1.19. The molecule has 0 radical (unpaired) electrons. The second kappa shape index (κ2) is 7.14. The maximum absolute atomic E-state index is 5.85. The second-order valence-corrected chi connectivity index (χ2v) is 7.40. The number of rotatable bonds is 6. The van der Waals surface area contributed by atoms with Gasteiger partial charge in [-0.05, 0) is 31.7 Å². The summed E-state index contributed by atoms with van der Waals surface area (Å²) in [5.74, 6) is 1.86. The third kappa shape index (κ3) is 3.30. The average Bonchev–Trinajstić information content (AvgIpc) is 3.34. The van der Waals surface area contributed by atoms with Crippen LogP contribution in [0.5, 0.6) is 0 Å². The number of aryl methyl sites for hydroxylation is 1. The number of thioether (sulfide) groups is 1. The highest BCUT2D eigenvalue weighted by Crippen LogP contribution is 2.28. The standard InChI is InChI=1S/C16H24N6OS/c1-20-13(6-7-17-20)12-24-16-19-18-15(21-8-2-3-9-21)22(16)11-14-5-4-10-23-14/h6-7,14H,2-5,8-12H2,1H3/t14-/m0/s1. The van der Waals surface area contributed by atoms with Gasteiger partial charge >= 0.3 is 0 Å². The minimum absolute atomic E-state index is 0.290. The van der Waals surface area contributed by atoms with Gasteiger partial charge in [0.05, 0.1) is 12.6 Å². The van der Waals surface area contributed by atoms with Gasteiger partial charge < -0.3 is 9.64 Å². The fraction of sp³-hybridized carbons (Fsp3) is 0.688.